The van der Waals surface area contributed by atoms with Crippen LogP contribution in [0.15, 0.2) is 36.4 Å². The second-order valence-electron chi connectivity index (χ2n) is 5.86. The van der Waals surface area contributed by atoms with Crippen molar-refractivity contribution in [2.24, 2.45) is 0 Å². The van der Waals surface area contributed by atoms with E-state index < -0.39 is 6.10 Å². The Hall–Kier alpha value is -3.35. The van der Waals surface area contributed by atoms with Gasteiger partial charge in [-0.05, 0) is 30.3 Å². The number of carbonyl (C=O) groups excluding carboxylic acids is 1. The number of Topliss-reactive ketones (excluding diaryl/α,β-unsaturated/α-hetero) is 1. The van der Waals surface area contributed by atoms with Gasteiger partial charge in [-0.3, -0.25) is 4.79 Å². The van der Waals surface area contributed by atoms with Crippen molar-refractivity contribution in [3.05, 3.63) is 58.7 Å². The van der Waals surface area contributed by atoms with E-state index in [9.17, 15) is 9.90 Å². The summed E-state index contributed by atoms with van der Waals surface area (Å²) in [6.45, 7) is 0.934. The van der Waals surface area contributed by atoms with Gasteiger partial charge in [0.25, 0.3) is 0 Å². The van der Waals surface area contributed by atoms with Crippen LogP contribution in [0, 0.1) is 22.7 Å². The van der Waals surface area contributed by atoms with Gasteiger partial charge in [0.05, 0.1) is 48.1 Å². The second-order valence-corrected chi connectivity index (χ2v) is 5.86. The minimum absolute atomic E-state index is 0.0886. The average Bonchev–Trinajstić information content (AvgIpc) is 2.68. The number of nitrogens with zero attached hydrogens (tertiary/aromatic N) is 2. The molecule has 0 aliphatic carbocycles. The van der Waals surface area contributed by atoms with Gasteiger partial charge < -0.3 is 14.6 Å². The van der Waals surface area contributed by atoms with Crippen molar-refractivity contribution in [2.45, 2.75) is 18.9 Å². The molecule has 26 heavy (non-hydrogen) atoms. The summed E-state index contributed by atoms with van der Waals surface area (Å²) in [6.07, 6.45) is 0.606. The van der Waals surface area contributed by atoms with E-state index in [1.807, 2.05) is 12.1 Å². The van der Waals surface area contributed by atoms with Crippen LogP contribution in [0.2, 0.25) is 0 Å². The summed E-state index contributed by atoms with van der Waals surface area (Å²) in [7, 11) is 0. The van der Waals surface area contributed by atoms with Gasteiger partial charge in [0.2, 0.25) is 0 Å². The molecule has 2 aromatic carbocycles. The fourth-order valence-corrected chi connectivity index (χ4v) is 2.77. The minimum atomic E-state index is -0.448. The molecule has 4 rings (SSSR count). The molecule has 0 spiro atoms. The molecule has 0 fully saturated rings. The molecule has 0 bridgehead atoms. The lowest BCUT2D eigenvalue weighted by Gasteiger charge is -2.21. The number of benzene rings is 2. The highest BCUT2D eigenvalue weighted by Crippen LogP contribution is 2.32. The van der Waals surface area contributed by atoms with Crippen LogP contribution in [0.3, 0.4) is 0 Å². The quantitative estimate of drug-likeness (QED) is 0.785. The molecular formula is C20H16N2O4. The molecule has 6 heteroatoms. The molecule has 2 aliphatic heterocycles. The van der Waals surface area contributed by atoms with Gasteiger partial charge in [-0.25, -0.2) is 0 Å². The van der Waals surface area contributed by atoms with Crippen LogP contribution in [0.5, 0.6) is 11.5 Å². The Bertz CT molecular complexity index is 924. The number of aliphatic hydroxyl groups excluding tert-OH is 1. The van der Waals surface area contributed by atoms with Crippen molar-refractivity contribution in [1.82, 2.24) is 0 Å². The van der Waals surface area contributed by atoms with Gasteiger partial charge in [-0.15, -0.1) is 0 Å². The van der Waals surface area contributed by atoms with Crippen molar-refractivity contribution in [1.29, 1.82) is 10.5 Å². The molecule has 2 aromatic rings. The van der Waals surface area contributed by atoms with Crippen molar-refractivity contribution < 1.29 is 19.4 Å². The van der Waals surface area contributed by atoms with Crippen molar-refractivity contribution in [3.63, 3.8) is 0 Å². The molecule has 0 amide bonds. The highest BCUT2D eigenvalue weighted by molar-refractivity contribution is 5.99. The first-order valence-corrected chi connectivity index (χ1v) is 8.17. The smallest absolute Gasteiger partial charge is 0.169 e. The lowest BCUT2D eigenvalue weighted by atomic mass is 10.0. The Balaban J connectivity index is 0.000000151. The largest absolute Gasteiger partial charge is 0.493 e. The van der Waals surface area contributed by atoms with E-state index in [4.69, 9.17) is 20.0 Å². The molecule has 0 aromatic heterocycles. The Morgan fingerprint density at radius 3 is 2.35 bits per heavy atom. The number of aliphatic hydroxyl groups is 1. The highest BCUT2D eigenvalue weighted by atomic mass is 16.5. The van der Waals surface area contributed by atoms with Crippen LogP contribution >= 0.6 is 0 Å². The van der Waals surface area contributed by atoms with Gasteiger partial charge in [0, 0.05) is 18.4 Å². The monoisotopic (exact) mass is 348 g/mol. The molecule has 1 N–H and O–H groups in total. The van der Waals surface area contributed by atoms with Gasteiger partial charge in [-0.1, -0.05) is 6.07 Å². The number of carbonyl (C=O) groups is 1. The maximum absolute atomic E-state index is 11.3. The third-order valence-electron chi connectivity index (χ3n) is 4.15. The summed E-state index contributed by atoms with van der Waals surface area (Å²) in [5.74, 6) is 1.26. The van der Waals surface area contributed by atoms with Gasteiger partial charge in [-0.2, -0.15) is 10.5 Å². The van der Waals surface area contributed by atoms with Crippen LogP contribution in [0.4, 0.5) is 0 Å². The maximum atomic E-state index is 11.3. The number of hydrogen-bond donors (Lipinski definition) is 1. The average molecular weight is 348 g/mol. The van der Waals surface area contributed by atoms with Gasteiger partial charge >= 0.3 is 0 Å². The topological polar surface area (TPSA) is 103 Å². The Labute approximate surface area is 150 Å². The van der Waals surface area contributed by atoms with Gasteiger partial charge in [0.15, 0.2) is 5.78 Å². The molecule has 2 heterocycles. The Kier molecular flexibility index (Phi) is 5.17. The number of fused-ring (bicyclic) bond motifs is 2. The van der Waals surface area contributed by atoms with Crippen LogP contribution in [0.25, 0.3) is 0 Å². The van der Waals surface area contributed by atoms with E-state index in [1.165, 1.54) is 0 Å². The highest BCUT2D eigenvalue weighted by Gasteiger charge is 2.19. The zero-order valence-corrected chi connectivity index (χ0v) is 13.9. The molecular weight excluding hydrogens is 332 g/mol. The summed E-state index contributed by atoms with van der Waals surface area (Å²) in [6, 6.07) is 14.0. The fraction of sp³-hybridized carbons (Fsp3) is 0.250. The van der Waals surface area contributed by atoms with E-state index in [0.29, 0.717) is 54.2 Å². The van der Waals surface area contributed by atoms with E-state index in [1.54, 1.807) is 36.4 Å². The minimum Gasteiger partial charge on any atom is -0.493 e. The zero-order chi connectivity index (χ0) is 18.5. The SMILES string of the molecule is N#Cc1ccc2c(c1)OCCC2=O.N#Cc1ccc2c(c1)OCCC2O. The lowest BCUT2D eigenvalue weighted by Crippen LogP contribution is -2.15. The van der Waals surface area contributed by atoms with Crippen LogP contribution < -0.4 is 9.47 Å². The van der Waals surface area contributed by atoms with Crippen LogP contribution in [-0.2, 0) is 0 Å². The molecule has 0 saturated carbocycles. The molecule has 1 atom stereocenters. The fourth-order valence-electron chi connectivity index (χ4n) is 2.77. The first-order valence-electron chi connectivity index (χ1n) is 8.17. The number of hydrogen-bond acceptors (Lipinski definition) is 6. The number of nitriles is 2. The number of ether oxygens (including phenoxy) is 2. The first-order chi connectivity index (χ1) is 12.6. The maximum Gasteiger partial charge on any atom is 0.169 e. The first kappa shape index (κ1) is 17.5. The van der Waals surface area contributed by atoms with Crippen LogP contribution in [0.1, 0.15) is 46.0 Å². The van der Waals surface area contributed by atoms with E-state index in [-0.39, 0.29) is 5.78 Å². The van der Waals surface area contributed by atoms with E-state index in [2.05, 4.69) is 0 Å². The van der Waals surface area contributed by atoms with E-state index >= 15 is 0 Å². The van der Waals surface area contributed by atoms with Gasteiger partial charge in [0.1, 0.15) is 11.5 Å². The van der Waals surface area contributed by atoms with Crippen LogP contribution in [-0.4, -0.2) is 24.1 Å². The normalized spacial score (nSPS) is 17.0. The summed E-state index contributed by atoms with van der Waals surface area (Å²) in [5.41, 5.74) is 2.46. The van der Waals surface area contributed by atoms with Crippen molar-refractivity contribution in [2.75, 3.05) is 13.2 Å². The molecule has 1 unspecified atom stereocenters. The third kappa shape index (κ3) is 3.66. The number of rotatable bonds is 0. The predicted octanol–water partition coefficient (Wildman–Crippen LogP) is 2.90. The Morgan fingerprint density at radius 1 is 0.962 bits per heavy atom. The van der Waals surface area contributed by atoms with E-state index in [0.717, 1.165) is 5.56 Å². The molecule has 130 valence electrons. The lowest BCUT2D eigenvalue weighted by molar-refractivity contribution is 0.0933. The molecule has 0 saturated heterocycles. The molecule has 6 nitrogen and oxygen atoms in total. The second kappa shape index (κ2) is 7.69. The Morgan fingerprint density at radius 2 is 1.62 bits per heavy atom. The summed E-state index contributed by atoms with van der Waals surface area (Å²) in [4.78, 5) is 11.3. The number of ketones is 1. The zero-order valence-electron chi connectivity index (χ0n) is 13.9. The van der Waals surface area contributed by atoms with Crippen molar-refractivity contribution in [3.8, 4) is 23.6 Å². The standard InChI is InChI=1S/C10H9NO2.C10H7NO2/c2*11-6-7-1-2-8-9(12)3-4-13-10(8)5-7/h1-2,5,9,12H,3-4H2;1-2,5H,3-4H2. The summed E-state index contributed by atoms with van der Waals surface area (Å²) >= 11 is 0. The summed E-state index contributed by atoms with van der Waals surface area (Å²) < 4.78 is 10.6. The third-order valence-corrected chi connectivity index (χ3v) is 4.15. The van der Waals surface area contributed by atoms with Crippen molar-refractivity contribution >= 4 is 5.78 Å². The summed E-state index contributed by atoms with van der Waals surface area (Å²) in [5, 5.41) is 26.8. The predicted molar refractivity (Wildman–Crippen MR) is 91.8 cm³/mol. The molecule has 0 radical (unpaired) electrons. The molecule has 2 aliphatic rings.